The van der Waals surface area contributed by atoms with E-state index in [1.165, 1.54) is 0 Å². The third-order valence-electron chi connectivity index (χ3n) is 3.31. The Morgan fingerprint density at radius 2 is 2.33 bits per heavy atom. The lowest BCUT2D eigenvalue weighted by atomic mass is 10.1. The van der Waals surface area contributed by atoms with Crippen LogP contribution >= 0.6 is 0 Å². The second-order valence-corrected chi connectivity index (χ2v) is 4.57. The van der Waals surface area contributed by atoms with Gasteiger partial charge in [-0.25, -0.2) is 4.79 Å². The second-order valence-electron chi connectivity index (χ2n) is 4.57. The summed E-state index contributed by atoms with van der Waals surface area (Å²) < 4.78 is 10.4. The second kappa shape index (κ2) is 4.06. The maximum Gasteiger partial charge on any atom is 0.417 e. The van der Waals surface area contributed by atoms with E-state index >= 15 is 0 Å². The van der Waals surface area contributed by atoms with Gasteiger partial charge in [-0.2, -0.15) is 0 Å². The topological polar surface area (TPSA) is 93.3 Å². The molecule has 1 aliphatic rings. The number of hydrogen-bond donors (Lipinski definition) is 3. The highest BCUT2D eigenvalue weighted by Gasteiger charge is 2.24. The molecule has 4 N–H and O–H groups in total. The molecule has 1 aliphatic heterocycles. The third-order valence-corrected chi connectivity index (χ3v) is 3.31. The first kappa shape index (κ1) is 11.2. The average Bonchev–Trinajstić information content (AvgIpc) is 2.85. The van der Waals surface area contributed by atoms with E-state index in [-0.39, 0.29) is 12.1 Å². The van der Waals surface area contributed by atoms with Gasteiger partial charge < -0.3 is 20.2 Å². The minimum Gasteiger partial charge on any atom is -0.408 e. The molecule has 2 unspecified atom stereocenters. The molecule has 2 atom stereocenters. The van der Waals surface area contributed by atoms with Crippen molar-refractivity contribution in [1.29, 1.82) is 0 Å². The molecule has 0 saturated carbocycles. The molecule has 3 rings (SSSR count). The molecule has 0 amide bonds. The van der Waals surface area contributed by atoms with Crippen molar-refractivity contribution in [1.82, 2.24) is 4.98 Å². The summed E-state index contributed by atoms with van der Waals surface area (Å²) in [5, 5.41) is 3.35. The molecule has 1 aromatic heterocycles. The van der Waals surface area contributed by atoms with Crippen molar-refractivity contribution >= 4 is 22.5 Å². The number of nitrogens with two attached hydrogens (primary N) is 1. The summed E-state index contributed by atoms with van der Waals surface area (Å²) >= 11 is 0. The summed E-state index contributed by atoms with van der Waals surface area (Å²) in [6, 6.07) is 3.68. The molecule has 0 bridgehead atoms. The number of benzene rings is 1. The summed E-state index contributed by atoms with van der Waals surface area (Å²) in [6.45, 7) is 2.78. The maximum absolute atomic E-state index is 11.1. The average molecular weight is 249 g/mol. The zero-order chi connectivity index (χ0) is 12.7. The molecule has 6 nitrogen and oxygen atoms in total. The van der Waals surface area contributed by atoms with Crippen LogP contribution in [0.2, 0.25) is 0 Å². The summed E-state index contributed by atoms with van der Waals surface area (Å²) in [7, 11) is 0. The lowest BCUT2D eigenvalue weighted by Gasteiger charge is -2.18. The van der Waals surface area contributed by atoms with Gasteiger partial charge in [0.25, 0.3) is 0 Å². The van der Waals surface area contributed by atoms with Gasteiger partial charge in [0.2, 0.25) is 0 Å². The number of nitrogen functional groups attached to an aromatic ring is 1. The van der Waals surface area contributed by atoms with Crippen molar-refractivity contribution in [2.24, 2.45) is 0 Å². The number of nitrogens with one attached hydrogen (secondary N) is 2. The summed E-state index contributed by atoms with van der Waals surface area (Å²) in [5.41, 5.74) is 8.41. The fourth-order valence-electron chi connectivity index (χ4n) is 2.26. The summed E-state index contributed by atoms with van der Waals surface area (Å²) in [5.74, 6) is -0.473. The van der Waals surface area contributed by atoms with Gasteiger partial charge in [-0.05, 0) is 19.4 Å². The Kier molecular flexibility index (Phi) is 2.52. The van der Waals surface area contributed by atoms with Gasteiger partial charge in [0.1, 0.15) is 0 Å². The molecule has 1 fully saturated rings. The maximum atomic E-state index is 11.1. The largest absolute Gasteiger partial charge is 0.417 e. The Hall–Kier alpha value is -1.95. The molecular weight excluding hydrogens is 234 g/mol. The Balaban J connectivity index is 1.95. The van der Waals surface area contributed by atoms with Crippen molar-refractivity contribution < 1.29 is 9.15 Å². The van der Waals surface area contributed by atoms with Crippen molar-refractivity contribution in [3.63, 3.8) is 0 Å². The molecule has 96 valence electrons. The number of hydrogen-bond acceptors (Lipinski definition) is 5. The molecule has 1 saturated heterocycles. The molecule has 0 spiro atoms. The molecular formula is C12H15N3O3. The Morgan fingerprint density at radius 3 is 3.06 bits per heavy atom. The Labute approximate surface area is 103 Å². The normalized spacial score (nSPS) is 23.6. The van der Waals surface area contributed by atoms with Crippen LogP contribution in [0, 0.1) is 0 Å². The van der Waals surface area contributed by atoms with Crippen LogP contribution in [0.4, 0.5) is 11.4 Å². The number of ether oxygens (including phenoxy) is 1. The Bertz CT molecular complexity index is 631. The van der Waals surface area contributed by atoms with E-state index in [4.69, 9.17) is 14.9 Å². The fraction of sp³-hybridized carbons (Fsp3) is 0.417. The van der Waals surface area contributed by atoms with Crippen molar-refractivity contribution in [2.45, 2.75) is 25.5 Å². The highest BCUT2D eigenvalue weighted by Crippen LogP contribution is 2.27. The SMILES string of the molecule is CC1OCCC1Nc1cc2[nH]c(=O)oc2cc1N. The van der Waals surface area contributed by atoms with Crippen molar-refractivity contribution in [3.8, 4) is 0 Å². The Morgan fingerprint density at radius 1 is 1.50 bits per heavy atom. The highest BCUT2D eigenvalue weighted by molar-refractivity contribution is 5.85. The number of anilines is 2. The van der Waals surface area contributed by atoms with Crippen LogP contribution in [-0.4, -0.2) is 23.7 Å². The number of rotatable bonds is 2. The van der Waals surface area contributed by atoms with E-state index in [1.54, 1.807) is 12.1 Å². The third kappa shape index (κ3) is 1.84. The molecule has 2 aromatic rings. The smallest absolute Gasteiger partial charge is 0.408 e. The van der Waals surface area contributed by atoms with E-state index in [2.05, 4.69) is 10.3 Å². The highest BCUT2D eigenvalue weighted by atomic mass is 16.5. The number of aromatic amines is 1. The molecule has 1 aromatic carbocycles. The van der Waals surface area contributed by atoms with Crippen LogP contribution < -0.4 is 16.8 Å². The molecule has 0 radical (unpaired) electrons. The zero-order valence-electron chi connectivity index (χ0n) is 10.0. The van der Waals surface area contributed by atoms with E-state index in [0.29, 0.717) is 16.8 Å². The van der Waals surface area contributed by atoms with Gasteiger partial charge in [0, 0.05) is 12.7 Å². The first-order valence-corrected chi connectivity index (χ1v) is 5.94. The van der Waals surface area contributed by atoms with Crippen LogP contribution in [0.25, 0.3) is 11.1 Å². The van der Waals surface area contributed by atoms with Crippen molar-refractivity contribution in [3.05, 3.63) is 22.7 Å². The van der Waals surface area contributed by atoms with Gasteiger partial charge in [0.05, 0.1) is 29.0 Å². The number of aromatic nitrogens is 1. The summed E-state index contributed by atoms with van der Waals surface area (Å²) in [4.78, 5) is 13.7. The van der Waals surface area contributed by atoms with Crippen LogP contribution in [-0.2, 0) is 4.74 Å². The van der Waals surface area contributed by atoms with Gasteiger partial charge in [-0.1, -0.05) is 0 Å². The van der Waals surface area contributed by atoms with Gasteiger partial charge in [-0.3, -0.25) is 4.98 Å². The van der Waals surface area contributed by atoms with Gasteiger partial charge in [0.15, 0.2) is 5.58 Å². The van der Waals surface area contributed by atoms with Crippen molar-refractivity contribution in [2.75, 3.05) is 17.7 Å². The number of H-pyrrole nitrogens is 1. The first-order chi connectivity index (χ1) is 8.63. The quantitative estimate of drug-likeness (QED) is 0.697. The van der Waals surface area contributed by atoms with Gasteiger partial charge in [-0.15, -0.1) is 0 Å². The molecule has 0 aliphatic carbocycles. The molecule has 6 heteroatoms. The number of fused-ring (bicyclic) bond motifs is 1. The van der Waals surface area contributed by atoms with E-state index in [1.807, 2.05) is 6.92 Å². The fourth-order valence-corrected chi connectivity index (χ4v) is 2.26. The summed E-state index contributed by atoms with van der Waals surface area (Å²) in [6.07, 6.45) is 1.10. The molecule has 18 heavy (non-hydrogen) atoms. The van der Waals surface area contributed by atoms with Gasteiger partial charge >= 0.3 is 5.76 Å². The standard InChI is InChI=1S/C12H15N3O3/c1-6-8(2-3-17-6)14-9-5-10-11(4-7(9)13)18-12(16)15-10/h4-6,8,14H,2-3,13H2,1H3,(H,15,16). The van der Waals surface area contributed by atoms with E-state index < -0.39 is 5.76 Å². The van der Waals surface area contributed by atoms with Crippen LogP contribution in [0.15, 0.2) is 21.3 Å². The monoisotopic (exact) mass is 249 g/mol. The predicted molar refractivity (Wildman–Crippen MR) is 68.7 cm³/mol. The minimum atomic E-state index is -0.473. The predicted octanol–water partition coefficient (Wildman–Crippen LogP) is 1.29. The zero-order valence-corrected chi connectivity index (χ0v) is 10.0. The van der Waals surface area contributed by atoms with E-state index in [0.717, 1.165) is 18.7 Å². The van der Waals surface area contributed by atoms with Crippen LogP contribution in [0.5, 0.6) is 0 Å². The lowest BCUT2D eigenvalue weighted by molar-refractivity contribution is 0.121. The minimum absolute atomic E-state index is 0.156. The number of oxazole rings is 1. The van der Waals surface area contributed by atoms with Crippen LogP contribution in [0.1, 0.15) is 13.3 Å². The lowest BCUT2D eigenvalue weighted by Crippen LogP contribution is -2.27. The van der Waals surface area contributed by atoms with Crippen LogP contribution in [0.3, 0.4) is 0 Å². The molecule has 2 heterocycles. The van der Waals surface area contributed by atoms with E-state index in [9.17, 15) is 4.79 Å². The first-order valence-electron chi connectivity index (χ1n) is 5.94.